The second-order valence-electron chi connectivity index (χ2n) is 5.60. The Morgan fingerprint density at radius 2 is 1.67 bits per heavy atom. The predicted octanol–water partition coefficient (Wildman–Crippen LogP) is 1.95. The van der Waals surface area contributed by atoms with Crippen LogP contribution in [0.1, 0.15) is 15.2 Å². The highest BCUT2D eigenvalue weighted by molar-refractivity contribution is 7.91. The van der Waals surface area contributed by atoms with E-state index in [2.05, 4.69) is 5.32 Å². The van der Waals surface area contributed by atoms with Crippen LogP contribution >= 0.6 is 11.3 Å². The van der Waals surface area contributed by atoms with Crippen LogP contribution in [0.2, 0.25) is 0 Å². The first kappa shape index (κ1) is 21.0. The van der Waals surface area contributed by atoms with Crippen LogP contribution in [0.25, 0.3) is 0 Å². The van der Waals surface area contributed by atoms with Crippen molar-refractivity contribution in [2.24, 2.45) is 0 Å². The van der Waals surface area contributed by atoms with Crippen molar-refractivity contribution in [2.75, 3.05) is 35.4 Å². The number of sulfonamides is 1. The molecule has 0 saturated heterocycles. The van der Waals surface area contributed by atoms with E-state index in [1.165, 1.54) is 41.5 Å². The van der Waals surface area contributed by atoms with Gasteiger partial charge in [-0.2, -0.15) is 0 Å². The maximum absolute atomic E-state index is 12.5. The molecule has 8 nitrogen and oxygen atoms in total. The van der Waals surface area contributed by atoms with Gasteiger partial charge in [-0.1, -0.05) is 0 Å². The molecular formula is C17H22N2O6S2. The summed E-state index contributed by atoms with van der Waals surface area (Å²) in [6, 6.07) is 6.30. The molecule has 0 aliphatic rings. The maximum atomic E-state index is 12.5. The van der Waals surface area contributed by atoms with Gasteiger partial charge in [0.05, 0.1) is 27.9 Å². The third-order valence-corrected chi connectivity index (χ3v) is 7.09. The Bertz CT molecular complexity index is 896. The SMILES string of the molecule is COc1cc(C(=O)NCc2ccc(S(=O)(=O)N(C)C)s2)cc(OC)c1OC. The van der Waals surface area contributed by atoms with E-state index in [0.717, 1.165) is 20.5 Å². The van der Waals surface area contributed by atoms with Gasteiger partial charge in [-0.3, -0.25) is 4.79 Å². The van der Waals surface area contributed by atoms with Crippen LogP contribution in [0.3, 0.4) is 0 Å². The monoisotopic (exact) mass is 414 g/mol. The minimum atomic E-state index is -3.48. The lowest BCUT2D eigenvalue weighted by Crippen LogP contribution is -2.22. The normalized spacial score (nSPS) is 11.3. The second-order valence-corrected chi connectivity index (χ2v) is 9.15. The number of thiophene rings is 1. The summed E-state index contributed by atoms with van der Waals surface area (Å²) in [7, 11) is 3.89. The minimum Gasteiger partial charge on any atom is -0.493 e. The van der Waals surface area contributed by atoms with Gasteiger partial charge in [-0.15, -0.1) is 11.3 Å². The lowest BCUT2D eigenvalue weighted by atomic mass is 10.1. The second kappa shape index (κ2) is 8.59. The van der Waals surface area contributed by atoms with Gasteiger partial charge in [-0.25, -0.2) is 12.7 Å². The Morgan fingerprint density at radius 3 is 2.15 bits per heavy atom. The van der Waals surface area contributed by atoms with Crippen molar-refractivity contribution in [1.82, 2.24) is 9.62 Å². The molecule has 148 valence electrons. The zero-order valence-electron chi connectivity index (χ0n) is 15.7. The van der Waals surface area contributed by atoms with Gasteiger partial charge in [-0.05, 0) is 24.3 Å². The first-order valence-corrected chi connectivity index (χ1v) is 10.1. The van der Waals surface area contributed by atoms with Crippen molar-refractivity contribution in [1.29, 1.82) is 0 Å². The van der Waals surface area contributed by atoms with Crippen LogP contribution < -0.4 is 19.5 Å². The molecule has 2 rings (SSSR count). The smallest absolute Gasteiger partial charge is 0.252 e. The Kier molecular flexibility index (Phi) is 6.68. The highest BCUT2D eigenvalue weighted by Crippen LogP contribution is 2.38. The van der Waals surface area contributed by atoms with Gasteiger partial charge in [0.2, 0.25) is 5.75 Å². The molecule has 1 aromatic heterocycles. The molecule has 27 heavy (non-hydrogen) atoms. The lowest BCUT2D eigenvalue weighted by Gasteiger charge is -2.14. The molecule has 1 amide bonds. The Balaban J connectivity index is 2.16. The molecule has 0 unspecified atom stereocenters. The molecule has 0 saturated carbocycles. The van der Waals surface area contributed by atoms with Crippen LogP contribution in [0, 0.1) is 0 Å². The molecule has 2 aromatic rings. The van der Waals surface area contributed by atoms with Crippen LogP contribution in [0.5, 0.6) is 17.2 Å². The molecular weight excluding hydrogens is 392 g/mol. The summed E-state index contributed by atoms with van der Waals surface area (Å²) < 4.78 is 41.3. The van der Waals surface area contributed by atoms with Crippen molar-refractivity contribution < 1.29 is 27.4 Å². The molecule has 10 heteroatoms. The predicted molar refractivity (Wildman–Crippen MR) is 102 cm³/mol. The molecule has 1 aromatic carbocycles. The number of ether oxygens (including phenoxy) is 3. The Hall–Kier alpha value is -2.30. The van der Waals surface area contributed by atoms with E-state index in [1.807, 2.05) is 0 Å². The van der Waals surface area contributed by atoms with Crippen molar-refractivity contribution >= 4 is 27.3 Å². The summed E-state index contributed by atoms with van der Waals surface area (Å²) in [6.45, 7) is 0.198. The lowest BCUT2D eigenvalue weighted by molar-refractivity contribution is 0.0950. The van der Waals surface area contributed by atoms with Crippen LogP contribution in [0.15, 0.2) is 28.5 Å². The first-order valence-electron chi connectivity index (χ1n) is 7.84. The number of rotatable bonds is 8. The minimum absolute atomic E-state index is 0.198. The highest BCUT2D eigenvalue weighted by atomic mass is 32.2. The Morgan fingerprint density at radius 1 is 1.07 bits per heavy atom. The van der Waals surface area contributed by atoms with E-state index in [4.69, 9.17) is 14.2 Å². The summed E-state index contributed by atoms with van der Waals surface area (Å²) in [4.78, 5) is 13.2. The van der Waals surface area contributed by atoms with Gasteiger partial charge in [0.15, 0.2) is 11.5 Å². The van der Waals surface area contributed by atoms with Gasteiger partial charge in [0.25, 0.3) is 15.9 Å². The number of nitrogens with zero attached hydrogens (tertiary/aromatic N) is 1. The van der Waals surface area contributed by atoms with Crippen LogP contribution in [-0.4, -0.2) is 54.1 Å². The molecule has 1 N–H and O–H groups in total. The van der Waals surface area contributed by atoms with E-state index in [1.54, 1.807) is 18.2 Å². The molecule has 0 fully saturated rings. The number of methoxy groups -OCH3 is 3. The van der Waals surface area contributed by atoms with Crippen LogP contribution in [0.4, 0.5) is 0 Å². The van der Waals surface area contributed by atoms with Gasteiger partial charge in [0, 0.05) is 24.5 Å². The van der Waals surface area contributed by atoms with E-state index in [-0.39, 0.29) is 16.7 Å². The summed E-state index contributed by atoms with van der Waals surface area (Å²) in [6.07, 6.45) is 0. The number of amides is 1. The van der Waals surface area contributed by atoms with Crippen molar-refractivity contribution in [3.05, 3.63) is 34.7 Å². The average Bonchev–Trinajstić information content (AvgIpc) is 3.14. The first-order chi connectivity index (χ1) is 12.7. The summed E-state index contributed by atoms with van der Waals surface area (Å²) in [5.74, 6) is 0.794. The van der Waals surface area contributed by atoms with E-state index >= 15 is 0 Å². The third kappa shape index (κ3) is 4.52. The zero-order valence-corrected chi connectivity index (χ0v) is 17.4. The molecule has 0 aliphatic carbocycles. The largest absolute Gasteiger partial charge is 0.493 e. The van der Waals surface area contributed by atoms with E-state index in [0.29, 0.717) is 22.8 Å². The highest BCUT2D eigenvalue weighted by Gasteiger charge is 2.20. The number of carbonyl (C=O) groups is 1. The quantitative estimate of drug-likeness (QED) is 0.710. The summed E-state index contributed by atoms with van der Waals surface area (Å²) >= 11 is 1.11. The van der Waals surface area contributed by atoms with Gasteiger partial charge >= 0.3 is 0 Å². The van der Waals surface area contributed by atoms with Crippen molar-refractivity contribution in [3.63, 3.8) is 0 Å². The maximum Gasteiger partial charge on any atom is 0.252 e. The number of hydrogen-bond donors (Lipinski definition) is 1. The number of hydrogen-bond acceptors (Lipinski definition) is 7. The summed E-state index contributed by atoms with van der Waals surface area (Å²) in [5, 5.41) is 2.76. The number of carbonyl (C=O) groups excluding carboxylic acids is 1. The fourth-order valence-corrected chi connectivity index (χ4v) is 4.72. The standard InChI is InChI=1S/C17H22N2O6S2/c1-19(2)27(21,22)15-7-6-12(26-15)10-18-17(20)11-8-13(23-3)16(25-5)14(9-11)24-4/h6-9H,10H2,1-5H3,(H,18,20). The fourth-order valence-electron chi connectivity index (χ4n) is 2.25. The molecule has 1 heterocycles. The topological polar surface area (TPSA) is 94.2 Å². The fraction of sp³-hybridized carbons (Fsp3) is 0.353. The number of benzene rings is 1. The molecule has 0 bridgehead atoms. The van der Waals surface area contributed by atoms with E-state index < -0.39 is 10.0 Å². The van der Waals surface area contributed by atoms with Crippen molar-refractivity contribution in [3.8, 4) is 17.2 Å². The number of nitrogens with one attached hydrogen (secondary N) is 1. The van der Waals surface area contributed by atoms with Crippen LogP contribution in [-0.2, 0) is 16.6 Å². The molecule has 0 aliphatic heterocycles. The molecule has 0 spiro atoms. The molecule has 0 atom stereocenters. The van der Waals surface area contributed by atoms with Gasteiger partial charge in [0.1, 0.15) is 4.21 Å². The average molecular weight is 415 g/mol. The molecule has 0 radical (unpaired) electrons. The Labute approximate surface area is 162 Å². The van der Waals surface area contributed by atoms with E-state index in [9.17, 15) is 13.2 Å². The third-order valence-electron chi connectivity index (χ3n) is 3.72. The van der Waals surface area contributed by atoms with Gasteiger partial charge < -0.3 is 19.5 Å². The van der Waals surface area contributed by atoms with Crippen molar-refractivity contribution in [2.45, 2.75) is 10.8 Å². The zero-order chi connectivity index (χ0) is 20.2. The summed E-state index contributed by atoms with van der Waals surface area (Å²) in [5.41, 5.74) is 0.335.